The molecule has 0 unspecified atom stereocenters. The summed E-state index contributed by atoms with van der Waals surface area (Å²) < 4.78 is 90.3. The number of thiazole rings is 1. The van der Waals surface area contributed by atoms with E-state index in [-0.39, 0.29) is 33.1 Å². The average molecular weight is 905 g/mol. The first-order valence-corrected chi connectivity index (χ1v) is 23.4. The summed E-state index contributed by atoms with van der Waals surface area (Å²) in [6.07, 6.45) is 1.53. The van der Waals surface area contributed by atoms with Crippen LogP contribution in [-0.4, -0.2) is 80.5 Å². The lowest BCUT2D eigenvalue weighted by atomic mass is 10.1. The van der Waals surface area contributed by atoms with Crippen molar-refractivity contribution in [1.29, 1.82) is 0 Å². The molecule has 0 aliphatic carbocycles. The third-order valence-electron chi connectivity index (χ3n) is 7.81. The van der Waals surface area contributed by atoms with Gasteiger partial charge in [-0.3, -0.25) is 4.79 Å². The van der Waals surface area contributed by atoms with Crippen molar-refractivity contribution in [2.45, 2.75) is 35.5 Å². The van der Waals surface area contributed by atoms with Crippen LogP contribution in [0.4, 0.5) is 11.1 Å². The molecule has 1 amide bonds. The number of carbonyl (C=O) groups excluding carboxylic acids is 1. The maximum Gasteiger partial charge on any atom is 0.266 e. The third kappa shape index (κ3) is 12.6. The number of nitrogens with zero attached hydrogens (tertiary/aromatic N) is 4. The SMILES string of the molecule is CCN(c1nccc(-c2ccc3nc(NC(C)=O)sc3c2)n1)S(=O)(=O)c1ccc(OC)cc1.CCNS(=O)(=O)c1ccc(OC)cc1.COc1ccc(S(=O)(=O)Cl)cc1. The van der Waals surface area contributed by atoms with Gasteiger partial charge in [-0.15, -0.1) is 0 Å². The summed E-state index contributed by atoms with van der Waals surface area (Å²) in [6, 6.07) is 25.6. The Morgan fingerprint density at radius 3 is 1.73 bits per heavy atom. The molecule has 2 aromatic heterocycles. The van der Waals surface area contributed by atoms with Crippen LogP contribution in [0, 0.1) is 0 Å². The number of sulfonamides is 2. The van der Waals surface area contributed by atoms with Crippen LogP contribution in [-0.2, 0) is 33.9 Å². The highest BCUT2D eigenvalue weighted by molar-refractivity contribution is 8.13. The molecular weight excluding hydrogens is 864 g/mol. The number of ether oxygens (including phenoxy) is 3. The zero-order valence-corrected chi connectivity index (χ0v) is 36.6. The van der Waals surface area contributed by atoms with Gasteiger partial charge >= 0.3 is 0 Å². The van der Waals surface area contributed by atoms with Crippen LogP contribution >= 0.6 is 22.0 Å². The van der Waals surface area contributed by atoms with Gasteiger partial charge in [-0.1, -0.05) is 24.3 Å². The molecular formula is C38H41ClN6O10S4. The number of methoxy groups -OCH3 is 3. The fourth-order valence-electron chi connectivity index (χ4n) is 4.98. The van der Waals surface area contributed by atoms with E-state index in [0.29, 0.717) is 34.6 Å². The van der Waals surface area contributed by atoms with Crippen molar-refractivity contribution in [1.82, 2.24) is 19.7 Å². The van der Waals surface area contributed by atoms with Crippen LogP contribution < -0.4 is 28.6 Å². The molecule has 0 aliphatic rings. The Morgan fingerprint density at radius 2 is 1.25 bits per heavy atom. The second-order valence-electron chi connectivity index (χ2n) is 11.8. The van der Waals surface area contributed by atoms with E-state index >= 15 is 0 Å². The largest absolute Gasteiger partial charge is 0.497 e. The Bertz CT molecular complexity index is 2680. The van der Waals surface area contributed by atoms with Gasteiger partial charge in [0.05, 0.1) is 51.9 Å². The summed E-state index contributed by atoms with van der Waals surface area (Å²) in [5, 5.41) is 3.20. The van der Waals surface area contributed by atoms with E-state index in [9.17, 15) is 30.0 Å². The minimum Gasteiger partial charge on any atom is -0.497 e. The summed E-state index contributed by atoms with van der Waals surface area (Å²) in [5.41, 5.74) is 2.10. The van der Waals surface area contributed by atoms with Crippen molar-refractivity contribution >= 4 is 78.3 Å². The summed E-state index contributed by atoms with van der Waals surface area (Å²) in [4.78, 5) is 24.9. The van der Waals surface area contributed by atoms with Gasteiger partial charge < -0.3 is 19.5 Å². The maximum absolute atomic E-state index is 13.2. The number of amides is 1. The zero-order valence-electron chi connectivity index (χ0n) is 32.6. The Morgan fingerprint density at radius 1 is 0.729 bits per heavy atom. The molecule has 21 heteroatoms. The number of hydrogen-bond acceptors (Lipinski definition) is 14. The standard InChI is InChI=1S/C22H21N5O4S2.C9H13NO3S.C7H7ClO3S/c1-4-27(33(29,30)17-8-6-16(31-3)7-9-17)21-23-12-11-18(25-21)15-5-10-19-20(13-15)32-22(26-19)24-14(2)28;1-3-10-14(11,12)9-6-4-8(13-2)5-7-9;1-11-6-2-4-7(5-3-6)12(8,9)10/h5-13H,4H2,1-3H3,(H,24,26,28);4-7,10H,3H2,1-2H3;2-5H,1H3. The molecule has 0 saturated carbocycles. The lowest BCUT2D eigenvalue weighted by Gasteiger charge is -2.21. The fraction of sp³-hybridized carbons (Fsp3) is 0.211. The van der Waals surface area contributed by atoms with Crippen molar-refractivity contribution in [3.8, 4) is 28.5 Å². The van der Waals surface area contributed by atoms with Crippen molar-refractivity contribution in [2.75, 3.05) is 44.0 Å². The molecule has 0 aliphatic heterocycles. The second kappa shape index (κ2) is 20.5. The highest BCUT2D eigenvalue weighted by Gasteiger charge is 2.26. The quantitative estimate of drug-likeness (QED) is 0.118. The van der Waals surface area contributed by atoms with Gasteiger partial charge in [-0.05, 0) is 97.9 Å². The molecule has 0 atom stereocenters. The predicted molar refractivity (Wildman–Crippen MR) is 228 cm³/mol. The molecule has 314 valence electrons. The lowest BCUT2D eigenvalue weighted by molar-refractivity contribution is -0.114. The van der Waals surface area contributed by atoms with E-state index in [2.05, 4.69) is 25.0 Å². The monoisotopic (exact) mass is 904 g/mol. The molecule has 2 heterocycles. The topological polar surface area (TPSA) is 213 Å². The molecule has 0 saturated heterocycles. The predicted octanol–water partition coefficient (Wildman–Crippen LogP) is 6.55. The van der Waals surface area contributed by atoms with E-state index in [1.54, 1.807) is 44.2 Å². The van der Waals surface area contributed by atoms with Gasteiger partial charge in [-0.2, -0.15) is 0 Å². The number of fused-ring (bicyclic) bond motifs is 1. The molecule has 59 heavy (non-hydrogen) atoms. The van der Waals surface area contributed by atoms with Crippen LogP contribution in [0.25, 0.3) is 21.5 Å². The van der Waals surface area contributed by atoms with Gasteiger partial charge in [-0.25, -0.2) is 49.2 Å². The summed E-state index contributed by atoms with van der Waals surface area (Å²) in [5.74, 6) is 1.69. The first kappa shape index (κ1) is 46.3. The van der Waals surface area contributed by atoms with Crippen LogP contribution in [0.15, 0.2) is 118 Å². The first-order valence-electron chi connectivity index (χ1n) is 17.4. The first-order chi connectivity index (χ1) is 27.9. The van der Waals surface area contributed by atoms with E-state index in [1.807, 2.05) is 18.2 Å². The minimum atomic E-state index is -3.87. The van der Waals surface area contributed by atoms with Gasteiger partial charge in [0.2, 0.25) is 21.9 Å². The zero-order chi connectivity index (χ0) is 43.4. The summed E-state index contributed by atoms with van der Waals surface area (Å²) in [7, 11) is -1.17. The highest BCUT2D eigenvalue weighted by Crippen LogP contribution is 2.31. The molecule has 4 aromatic carbocycles. The molecule has 0 radical (unpaired) electrons. The van der Waals surface area contributed by atoms with Crippen LogP contribution in [0.3, 0.4) is 0 Å². The number of anilines is 2. The van der Waals surface area contributed by atoms with Gasteiger partial charge in [0.1, 0.15) is 17.2 Å². The van der Waals surface area contributed by atoms with Crippen LogP contribution in [0.5, 0.6) is 17.2 Å². The number of benzene rings is 4. The van der Waals surface area contributed by atoms with Crippen molar-refractivity contribution < 1.29 is 44.3 Å². The number of halogens is 1. The molecule has 6 rings (SSSR count). The van der Waals surface area contributed by atoms with Crippen molar-refractivity contribution in [3.63, 3.8) is 0 Å². The molecule has 6 aromatic rings. The molecule has 0 bridgehead atoms. The maximum atomic E-state index is 13.2. The van der Waals surface area contributed by atoms with Gasteiger partial charge in [0.25, 0.3) is 19.1 Å². The summed E-state index contributed by atoms with van der Waals surface area (Å²) in [6.45, 7) is 5.44. The highest BCUT2D eigenvalue weighted by atomic mass is 35.7. The van der Waals surface area contributed by atoms with E-state index in [0.717, 1.165) is 15.8 Å². The molecule has 0 spiro atoms. The smallest absolute Gasteiger partial charge is 0.266 e. The minimum absolute atomic E-state index is 0.0740. The molecule has 0 fully saturated rings. The van der Waals surface area contributed by atoms with E-state index in [1.165, 1.54) is 98.6 Å². The number of carbonyl (C=O) groups is 1. The van der Waals surface area contributed by atoms with E-state index < -0.39 is 29.1 Å². The summed E-state index contributed by atoms with van der Waals surface area (Å²) >= 11 is 1.35. The Kier molecular flexibility index (Phi) is 16.1. The fourth-order valence-corrected chi connectivity index (χ4v) is 9.12. The Balaban J connectivity index is 0.000000242. The third-order valence-corrected chi connectivity index (χ3v) is 13.5. The normalized spacial score (nSPS) is 11.3. The van der Waals surface area contributed by atoms with Crippen molar-refractivity contribution in [3.05, 3.63) is 103 Å². The van der Waals surface area contributed by atoms with Crippen LogP contribution in [0.1, 0.15) is 20.8 Å². The lowest BCUT2D eigenvalue weighted by Crippen LogP contribution is -2.32. The molecule has 16 nitrogen and oxygen atoms in total. The number of nitrogens with one attached hydrogen (secondary N) is 2. The second-order valence-corrected chi connectivity index (χ2v) is 19.0. The average Bonchev–Trinajstić information content (AvgIpc) is 3.62. The van der Waals surface area contributed by atoms with Gasteiger partial charge in [0, 0.05) is 42.5 Å². The number of hydrogen-bond donors (Lipinski definition) is 2. The molecule has 2 N–H and O–H groups in total. The number of aromatic nitrogens is 3. The van der Waals surface area contributed by atoms with Gasteiger partial charge in [0.15, 0.2) is 5.13 Å². The number of rotatable bonds is 13. The van der Waals surface area contributed by atoms with Crippen LogP contribution in [0.2, 0.25) is 0 Å². The Hall–Kier alpha value is -5.38. The Labute approximate surface area is 351 Å². The van der Waals surface area contributed by atoms with E-state index in [4.69, 9.17) is 24.9 Å². The van der Waals surface area contributed by atoms with Crippen molar-refractivity contribution in [2.24, 2.45) is 0 Å².